The van der Waals surface area contributed by atoms with E-state index in [1.165, 1.54) is 11.8 Å². The lowest BCUT2D eigenvalue weighted by molar-refractivity contribution is -0.147. The number of aryl methyl sites for hydroxylation is 1. The predicted molar refractivity (Wildman–Crippen MR) is 90.2 cm³/mol. The monoisotopic (exact) mass is 361 g/mol. The Hall–Kier alpha value is -2.81. The Balaban J connectivity index is 1.48. The molecule has 1 aromatic heterocycles. The fraction of sp³-hybridized carbons (Fsp3) is 0.250. The van der Waals surface area contributed by atoms with Gasteiger partial charge in [-0.05, 0) is 19.1 Å². The number of nitrogens with zero attached hydrogens (tertiary/aromatic N) is 1. The highest BCUT2D eigenvalue weighted by molar-refractivity contribution is 8.01. The van der Waals surface area contributed by atoms with E-state index in [0.29, 0.717) is 5.69 Å². The van der Waals surface area contributed by atoms with Gasteiger partial charge in [-0.2, -0.15) is 0 Å². The Labute approximate surface area is 147 Å². The van der Waals surface area contributed by atoms with Crippen molar-refractivity contribution >= 4 is 41.1 Å². The third-order valence-corrected chi connectivity index (χ3v) is 4.59. The highest BCUT2D eigenvalue weighted by Gasteiger charge is 2.29. The van der Waals surface area contributed by atoms with Crippen LogP contribution in [-0.2, 0) is 19.1 Å². The van der Waals surface area contributed by atoms with Gasteiger partial charge in [-0.3, -0.25) is 19.7 Å². The van der Waals surface area contributed by atoms with Crippen molar-refractivity contribution in [2.75, 3.05) is 17.2 Å². The summed E-state index contributed by atoms with van der Waals surface area (Å²) in [5.41, 5.74) is 1.34. The summed E-state index contributed by atoms with van der Waals surface area (Å²) in [6.45, 7) is 1.25. The first-order chi connectivity index (χ1) is 12.0. The van der Waals surface area contributed by atoms with E-state index in [-0.39, 0.29) is 18.2 Å². The number of aromatic nitrogens is 1. The van der Waals surface area contributed by atoms with Gasteiger partial charge >= 0.3 is 5.97 Å². The van der Waals surface area contributed by atoms with Crippen LogP contribution in [0.2, 0.25) is 0 Å². The van der Waals surface area contributed by atoms with Crippen LogP contribution in [-0.4, -0.2) is 34.8 Å². The molecule has 0 bridgehead atoms. The van der Waals surface area contributed by atoms with E-state index in [4.69, 9.17) is 9.26 Å². The molecule has 3 rings (SSSR count). The number of esters is 1. The number of carbonyl (C=O) groups excluding carboxylic acids is 3. The molecule has 9 heteroatoms. The van der Waals surface area contributed by atoms with E-state index in [2.05, 4.69) is 15.8 Å². The number of ether oxygens (including phenoxy) is 1. The van der Waals surface area contributed by atoms with E-state index < -0.39 is 23.7 Å². The summed E-state index contributed by atoms with van der Waals surface area (Å²) >= 11 is 1.30. The number of rotatable bonds is 5. The number of carbonyl (C=O) groups is 3. The second kappa shape index (κ2) is 7.39. The Morgan fingerprint density at radius 1 is 1.40 bits per heavy atom. The Morgan fingerprint density at radius 3 is 2.96 bits per heavy atom. The van der Waals surface area contributed by atoms with Gasteiger partial charge in [0.25, 0.3) is 5.91 Å². The average molecular weight is 361 g/mol. The van der Waals surface area contributed by atoms with Crippen molar-refractivity contribution in [3.8, 4) is 0 Å². The molecule has 0 fully saturated rings. The molecule has 0 spiro atoms. The zero-order chi connectivity index (χ0) is 17.8. The average Bonchev–Trinajstić information content (AvgIpc) is 2.98. The van der Waals surface area contributed by atoms with Crippen LogP contribution in [0.15, 0.2) is 39.8 Å². The molecule has 1 aliphatic rings. The third-order valence-electron chi connectivity index (χ3n) is 3.31. The summed E-state index contributed by atoms with van der Waals surface area (Å²) in [7, 11) is 0. The maximum atomic E-state index is 12.0. The first kappa shape index (κ1) is 17.0. The van der Waals surface area contributed by atoms with Crippen LogP contribution >= 0.6 is 11.8 Å². The van der Waals surface area contributed by atoms with Crippen LogP contribution in [0.3, 0.4) is 0 Å². The quantitative estimate of drug-likeness (QED) is 0.783. The summed E-state index contributed by atoms with van der Waals surface area (Å²) in [6, 6.07) is 8.88. The minimum absolute atomic E-state index is 0.125. The molecular formula is C16H15N3O5S. The first-order valence-corrected chi connectivity index (χ1v) is 8.34. The molecule has 1 atom stereocenters. The Bertz CT molecular complexity index is 820. The molecule has 1 aromatic carbocycles. The normalized spacial score (nSPS) is 15.9. The van der Waals surface area contributed by atoms with Crippen LogP contribution in [0.25, 0.3) is 0 Å². The molecule has 0 radical (unpaired) electrons. The van der Waals surface area contributed by atoms with Gasteiger partial charge in [-0.1, -0.05) is 17.3 Å². The number of anilines is 2. The Morgan fingerprint density at radius 2 is 2.20 bits per heavy atom. The molecule has 2 amide bonds. The zero-order valence-corrected chi connectivity index (χ0v) is 14.1. The third kappa shape index (κ3) is 4.38. The van der Waals surface area contributed by atoms with Gasteiger partial charge in [0.15, 0.2) is 6.61 Å². The molecule has 8 nitrogen and oxygen atoms in total. The molecular weight excluding hydrogens is 346 g/mol. The minimum Gasteiger partial charge on any atom is -0.456 e. The van der Waals surface area contributed by atoms with Crippen LogP contribution in [0.1, 0.15) is 12.1 Å². The lowest BCUT2D eigenvalue weighted by Gasteiger charge is -2.23. The van der Waals surface area contributed by atoms with E-state index in [1.807, 2.05) is 18.2 Å². The zero-order valence-electron chi connectivity index (χ0n) is 13.3. The summed E-state index contributed by atoms with van der Waals surface area (Å²) in [5, 5.41) is 8.19. The van der Waals surface area contributed by atoms with Crippen molar-refractivity contribution in [2.24, 2.45) is 0 Å². The molecule has 2 aromatic rings. The van der Waals surface area contributed by atoms with Crippen molar-refractivity contribution in [1.82, 2.24) is 5.16 Å². The summed E-state index contributed by atoms with van der Waals surface area (Å²) in [6.07, 6.45) is -0.125. The van der Waals surface area contributed by atoms with Crippen molar-refractivity contribution in [1.29, 1.82) is 0 Å². The maximum Gasteiger partial charge on any atom is 0.307 e. The van der Waals surface area contributed by atoms with Gasteiger partial charge in [0.2, 0.25) is 11.8 Å². The van der Waals surface area contributed by atoms with Crippen LogP contribution in [0, 0.1) is 6.92 Å². The van der Waals surface area contributed by atoms with Gasteiger partial charge in [0.05, 0.1) is 23.1 Å². The van der Waals surface area contributed by atoms with E-state index >= 15 is 0 Å². The lowest BCUT2D eigenvalue weighted by Crippen LogP contribution is -2.32. The summed E-state index contributed by atoms with van der Waals surface area (Å²) < 4.78 is 9.75. The number of benzene rings is 1. The summed E-state index contributed by atoms with van der Waals surface area (Å²) in [4.78, 5) is 36.5. The van der Waals surface area contributed by atoms with Gasteiger partial charge < -0.3 is 14.6 Å². The smallest absolute Gasteiger partial charge is 0.307 e. The van der Waals surface area contributed by atoms with Gasteiger partial charge in [-0.25, -0.2) is 0 Å². The van der Waals surface area contributed by atoms with Crippen LogP contribution in [0.5, 0.6) is 0 Å². The van der Waals surface area contributed by atoms with Crippen LogP contribution < -0.4 is 10.6 Å². The van der Waals surface area contributed by atoms with Crippen molar-refractivity contribution in [3.63, 3.8) is 0 Å². The molecule has 2 N–H and O–H groups in total. The molecule has 0 aliphatic carbocycles. The molecule has 1 unspecified atom stereocenters. The van der Waals surface area contributed by atoms with Crippen molar-refractivity contribution in [3.05, 3.63) is 36.0 Å². The maximum absolute atomic E-state index is 12.0. The predicted octanol–water partition coefficient (Wildman–Crippen LogP) is 1.97. The van der Waals surface area contributed by atoms with Crippen molar-refractivity contribution < 1.29 is 23.6 Å². The number of hydrogen-bond donors (Lipinski definition) is 2. The van der Waals surface area contributed by atoms with Crippen molar-refractivity contribution in [2.45, 2.75) is 23.5 Å². The number of fused-ring (bicyclic) bond motifs is 1. The number of nitrogens with one attached hydrogen (secondary N) is 2. The second-order valence-electron chi connectivity index (χ2n) is 5.34. The molecule has 0 saturated heterocycles. The SMILES string of the molecule is Cc1cc(NC(=O)COC(=O)CC2Sc3ccccc3NC2=O)on1. The standard InChI is InChI=1S/C16H15N3O5S/c1-9-6-14(24-19-9)18-13(20)8-23-15(21)7-12-16(22)17-10-4-2-3-5-11(10)25-12/h2-6,12H,7-8H2,1H3,(H,17,22)(H,18,20). The molecule has 25 heavy (non-hydrogen) atoms. The van der Waals surface area contributed by atoms with Crippen LogP contribution in [0.4, 0.5) is 11.6 Å². The largest absolute Gasteiger partial charge is 0.456 e. The fourth-order valence-corrected chi connectivity index (χ4v) is 3.27. The van der Waals surface area contributed by atoms with E-state index in [1.54, 1.807) is 19.1 Å². The second-order valence-corrected chi connectivity index (χ2v) is 6.58. The number of hydrogen-bond acceptors (Lipinski definition) is 7. The van der Waals surface area contributed by atoms with E-state index in [9.17, 15) is 14.4 Å². The van der Waals surface area contributed by atoms with E-state index in [0.717, 1.165) is 10.6 Å². The molecule has 2 heterocycles. The summed E-state index contributed by atoms with van der Waals surface area (Å²) in [5.74, 6) is -1.26. The molecule has 0 saturated carbocycles. The number of thioether (sulfide) groups is 1. The highest BCUT2D eigenvalue weighted by Crippen LogP contribution is 2.36. The first-order valence-electron chi connectivity index (χ1n) is 7.46. The molecule has 130 valence electrons. The topological polar surface area (TPSA) is 111 Å². The van der Waals surface area contributed by atoms with Gasteiger partial charge in [0.1, 0.15) is 0 Å². The number of amides is 2. The highest BCUT2D eigenvalue weighted by atomic mass is 32.2. The van der Waals surface area contributed by atoms with Gasteiger partial charge in [0, 0.05) is 11.0 Å². The fourth-order valence-electron chi connectivity index (χ4n) is 2.18. The number of para-hydroxylation sites is 1. The lowest BCUT2D eigenvalue weighted by atomic mass is 10.2. The molecule has 1 aliphatic heterocycles. The minimum atomic E-state index is -0.629. The van der Waals surface area contributed by atoms with Gasteiger partial charge in [-0.15, -0.1) is 11.8 Å². The Kier molecular flexibility index (Phi) is 5.03.